The number of hydrogen-bond donors (Lipinski definition) is 1. The standard InChI is InChI=1S/C19H27NO4/c1-2-3-4-5-9-12-18(21)23-14-17-16(20-19(22)24-17)13-15-10-7-6-8-11-15/h6-8,10-11,16-17H,2-5,9,12-14H2,1H3,(H,20,22)/t16-,17-/m1/s1. The molecule has 0 radical (unpaired) electrons. The molecular formula is C19H27NO4. The molecule has 24 heavy (non-hydrogen) atoms. The molecule has 1 heterocycles. The second-order valence-electron chi connectivity index (χ2n) is 6.23. The first-order valence-electron chi connectivity index (χ1n) is 8.85. The number of unbranched alkanes of at least 4 members (excludes halogenated alkanes) is 4. The van der Waals surface area contributed by atoms with Crippen molar-refractivity contribution < 1.29 is 19.1 Å². The van der Waals surface area contributed by atoms with E-state index in [9.17, 15) is 9.59 Å². The summed E-state index contributed by atoms with van der Waals surface area (Å²) < 4.78 is 10.5. The number of amides is 1. The number of esters is 1. The highest BCUT2D eigenvalue weighted by atomic mass is 16.6. The van der Waals surface area contributed by atoms with Gasteiger partial charge in [-0.2, -0.15) is 0 Å². The minimum absolute atomic E-state index is 0.115. The number of ether oxygens (including phenoxy) is 2. The lowest BCUT2D eigenvalue weighted by molar-refractivity contribution is -0.146. The number of carbonyl (C=O) groups excluding carboxylic acids is 2. The summed E-state index contributed by atoms with van der Waals surface area (Å²) in [6.45, 7) is 2.28. The first-order chi connectivity index (χ1) is 11.7. The maximum absolute atomic E-state index is 11.8. The summed E-state index contributed by atoms with van der Waals surface area (Å²) in [4.78, 5) is 23.3. The highest BCUT2D eigenvalue weighted by molar-refractivity contribution is 5.71. The van der Waals surface area contributed by atoms with Crippen molar-refractivity contribution in [2.24, 2.45) is 0 Å². The minimum atomic E-state index is -0.448. The van der Waals surface area contributed by atoms with Crippen LogP contribution in [-0.2, 0) is 20.7 Å². The van der Waals surface area contributed by atoms with Gasteiger partial charge < -0.3 is 14.8 Å². The average Bonchev–Trinajstić information content (AvgIpc) is 2.93. The van der Waals surface area contributed by atoms with E-state index >= 15 is 0 Å². The van der Waals surface area contributed by atoms with Crippen LogP contribution in [0.1, 0.15) is 51.0 Å². The zero-order chi connectivity index (χ0) is 17.2. The Morgan fingerprint density at radius 2 is 1.92 bits per heavy atom. The van der Waals surface area contributed by atoms with Crippen molar-refractivity contribution in [2.45, 2.75) is 64.0 Å². The fourth-order valence-electron chi connectivity index (χ4n) is 2.82. The van der Waals surface area contributed by atoms with E-state index in [-0.39, 0.29) is 18.6 Å². The van der Waals surface area contributed by atoms with Gasteiger partial charge in [0.1, 0.15) is 6.61 Å². The molecule has 1 amide bonds. The molecule has 0 unspecified atom stereocenters. The van der Waals surface area contributed by atoms with Crippen LogP contribution in [0.5, 0.6) is 0 Å². The normalized spacial score (nSPS) is 19.6. The van der Waals surface area contributed by atoms with Crippen LogP contribution in [0.25, 0.3) is 0 Å². The molecule has 1 N–H and O–H groups in total. The van der Waals surface area contributed by atoms with Gasteiger partial charge in [-0.25, -0.2) is 4.79 Å². The topological polar surface area (TPSA) is 64.6 Å². The first kappa shape index (κ1) is 18.3. The molecule has 0 aromatic heterocycles. The molecule has 5 nitrogen and oxygen atoms in total. The van der Waals surface area contributed by atoms with Gasteiger partial charge in [0.15, 0.2) is 6.10 Å². The van der Waals surface area contributed by atoms with Crippen LogP contribution in [0, 0.1) is 0 Å². The van der Waals surface area contributed by atoms with Crippen molar-refractivity contribution in [1.29, 1.82) is 0 Å². The van der Waals surface area contributed by atoms with E-state index in [4.69, 9.17) is 9.47 Å². The van der Waals surface area contributed by atoms with Gasteiger partial charge in [0.2, 0.25) is 0 Å². The van der Waals surface area contributed by atoms with Crippen molar-refractivity contribution in [3.05, 3.63) is 35.9 Å². The smallest absolute Gasteiger partial charge is 0.407 e. The van der Waals surface area contributed by atoms with E-state index in [0.717, 1.165) is 24.8 Å². The molecule has 132 valence electrons. The molecular weight excluding hydrogens is 306 g/mol. The number of carbonyl (C=O) groups is 2. The number of rotatable bonds is 10. The third kappa shape index (κ3) is 6.22. The molecule has 1 fully saturated rings. The predicted molar refractivity (Wildman–Crippen MR) is 91.7 cm³/mol. The summed E-state index contributed by atoms with van der Waals surface area (Å²) in [6, 6.07) is 9.71. The van der Waals surface area contributed by atoms with Crippen LogP contribution < -0.4 is 5.32 Å². The number of benzene rings is 1. The van der Waals surface area contributed by atoms with Gasteiger partial charge in [-0.3, -0.25) is 4.79 Å². The quantitative estimate of drug-likeness (QED) is 0.525. The van der Waals surface area contributed by atoms with Gasteiger partial charge in [0.05, 0.1) is 6.04 Å². The SMILES string of the molecule is CCCCCCCC(=O)OC[C@H]1OC(=O)N[C@@H]1Cc1ccccc1. The molecule has 0 saturated carbocycles. The molecule has 0 bridgehead atoms. The highest BCUT2D eigenvalue weighted by Gasteiger charge is 2.34. The van der Waals surface area contributed by atoms with Gasteiger partial charge in [-0.15, -0.1) is 0 Å². The van der Waals surface area contributed by atoms with E-state index < -0.39 is 12.2 Å². The molecule has 5 heteroatoms. The van der Waals surface area contributed by atoms with Crippen molar-refractivity contribution in [3.8, 4) is 0 Å². The number of nitrogens with one attached hydrogen (secondary N) is 1. The van der Waals surface area contributed by atoms with Crippen LogP contribution in [0.2, 0.25) is 0 Å². The minimum Gasteiger partial charge on any atom is -0.462 e. The number of cyclic esters (lactones) is 1. The van der Waals surface area contributed by atoms with Crippen LogP contribution in [0.4, 0.5) is 4.79 Å². The Balaban J connectivity index is 1.71. The lowest BCUT2D eigenvalue weighted by atomic mass is 10.0. The van der Waals surface area contributed by atoms with Crippen LogP contribution in [-0.4, -0.2) is 30.8 Å². The fraction of sp³-hybridized carbons (Fsp3) is 0.579. The first-order valence-corrected chi connectivity index (χ1v) is 8.85. The maximum Gasteiger partial charge on any atom is 0.407 e. The Labute approximate surface area is 143 Å². The van der Waals surface area contributed by atoms with Crippen molar-refractivity contribution in [3.63, 3.8) is 0 Å². The highest BCUT2D eigenvalue weighted by Crippen LogP contribution is 2.15. The van der Waals surface area contributed by atoms with Crippen molar-refractivity contribution in [2.75, 3.05) is 6.61 Å². The molecule has 1 aliphatic rings. The third-order valence-electron chi connectivity index (χ3n) is 4.20. The molecule has 2 atom stereocenters. The van der Waals surface area contributed by atoms with Crippen molar-refractivity contribution in [1.82, 2.24) is 5.32 Å². The second kappa shape index (κ2) is 9.96. The van der Waals surface area contributed by atoms with Gasteiger partial charge in [0, 0.05) is 6.42 Å². The lowest BCUT2D eigenvalue weighted by Crippen LogP contribution is -2.36. The Morgan fingerprint density at radius 3 is 2.67 bits per heavy atom. The average molecular weight is 333 g/mol. The number of alkyl carbamates (subject to hydrolysis) is 1. The molecule has 0 spiro atoms. The van der Waals surface area contributed by atoms with Crippen LogP contribution in [0.3, 0.4) is 0 Å². The number of hydrogen-bond acceptors (Lipinski definition) is 4. The largest absolute Gasteiger partial charge is 0.462 e. The summed E-state index contributed by atoms with van der Waals surface area (Å²) in [5, 5.41) is 2.79. The zero-order valence-electron chi connectivity index (χ0n) is 14.3. The van der Waals surface area contributed by atoms with E-state index in [0.29, 0.717) is 12.8 Å². The maximum atomic E-state index is 11.8. The summed E-state index contributed by atoms with van der Waals surface area (Å²) in [6.07, 6.45) is 5.68. The summed E-state index contributed by atoms with van der Waals surface area (Å²) >= 11 is 0. The predicted octanol–water partition coefficient (Wildman–Crippen LogP) is 3.61. The zero-order valence-corrected chi connectivity index (χ0v) is 14.3. The second-order valence-corrected chi connectivity index (χ2v) is 6.23. The molecule has 1 aliphatic heterocycles. The Kier molecular flexibility index (Phi) is 7.59. The van der Waals surface area contributed by atoms with Gasteiger partial charge in [-0.05, 0) is 18.4 Å². The molecule has 2 rings (SSSR count). The molecule has 1 aromatic rings. The van der Waals surface area contributed by atoms with E-state index in [1.165, 1.54) is 12.8 Å². The summed E-state index contributed by atoms with van der Waals surface area (Å²) in [5.74, 6) is -0.215. The van der Waals surface area contributed by atoms with Gasteiger partial charge in [0.25, 0.3) is 0 Å². The Bertz CT molecular complexity index is 517. The summed E-state index contributed by atoms with van der Waals surface area (Å²) in [5.41, 5.74) is 1.11. The Morgan fingerprint density at radius 1 is 1.17 bits per heavy atom. The van der Waals surface area contributed by atoms with Crippen LogP contribution >= 0.6 is 0 Å². The molecule has 1 aromatic carbocycles. The Hall–Kier alpha value is -2.04. The third-order valence-corrected chi connectivity index (χ3v) is 4.20. The lowest BCUT2D eigenvalue weighted by Gasteiger charge is -2.17. The molecule has 1 saturated heterocycles. The molecule has 0 aliphatic carbocycles. The van der Waals surface area contributed by atoms with Crippen molar-refractivity contribution >= 4 is 12.1 Å². The monoisotopic (exact) mass is 333 g/mol. The van der Waals surface area contributed by atoms with Gasteiger partial charge in [-0.1, -0.05) is 62.9 Å². The van der Waals surface area contributed by atoms with E-state index in [1.54, 1.807) is 0 Å². The fourth-order valence-corrected chi connectivity index (χ4v) is 2.82. The summed E-state index contributed by atoms with van der Waals surface area (Å²) in [7, 11) is 0. The van der Waals surface area contributed by atoms with Crippen LogP contribution in [0.15, 0.2) is 30.3 Å². The van der Waals surface area contributed by atoms with Gasteiger partial charge >= 0.3 is 12.1 Å². The van der Waals surface area contributed by atoms with E-state index in [2.05, 4.69) is 12.2 Å². The van der Waals surface area contributed by atoms with E-state index in [1.807, 2.05) is 30.3 Å².